The average molecular weight is 246 g/mol. The van der Waals surface area contributed by atoms with Gasteiger partial charge in [-0.15, -0.1) is 0 Å². The van der Waals surface area contributed by atoms with Crippen molar-refractivity contribution >= 4 is 17.8 Å². The van der Waals surface area contributed by atoms with Crippen LogP contribution in [0, 0.1) is 0 Å². The standard InChI is InChI=1S/C10H18N2O5/c1-3-11-5-4-8(13)12-7(10(15)16)6-9(14)17-2/h7,11H,3-6H2,1-2H3,(H,12,13)(H,15,16)/t7-/m0/s1. The first-order chi connectivity index (χ1) is 8.01. The van der Waals surface area contributed by atoms with Crippen LogP contribution in [0.4, 0.5) is 0 Å². The second kappa shape index (κ2) is 8.51. The smallest absolute Gasteiger partial charge is 0.326 e. The zero-order valence-electron chi connectivity index (χ0n) is 9.99. The predicted molar refractivity (Wildman–Crippen MR) is 59.4 cm³/mol. The van der Waals surface area contributed by atoms with Crippen molar-refractivity contribution in [1.82, 2.24) is 10.6 Å². The Morgan fingerprint density at radius 3 is 2.47 bits per heavy atom. The summed E-state index contributed by atoms with van der Waals surface area (Å²) in [5, 5.41) is 14.0. The maximum Gasteiger partial charge on any atom is 0.326 e. The molecule has 7 nitrogen and oxygen atoms in total. The van der Waals surface area contributed by atoms with E-state index in [1.807, 2.05) is 6.92 Å². The van der Waals surface area contributed by atoms with E-state index < -0.39 is 23.9 Å². The summed E-state index contributed by atoms with van der Waals surface area (Å²) in [5.74, 6) is -2.35. The highest BCUT2D eigenvalue weighted by molar-refractivity contribution is 5.87. The number of hydrogen-bond acceptors (Lipinski definition) is 5. The minimum absolute atomic E-state index is 0.165. The van der Waals surface area contributed by atoms with Gasteiger partial charge in [-0.1, -0.05) is 6.92 Å². The molecule has 7 heteroatoms. The SMILES string of the molecule is CCNCCC(=O)N[C@@H](CC(=O)OC)C(=O)O. The molecule has 0 aromatic carbocycles. The van der Waals surface area contributed by atoms with E-state index in [4.69, 9.17) is 5.11 Å². The van der Waals surface area contributed by atoms with Crippen LogP contribution >= 0.6 is 0 Å². The minimum Gasteiger partial charge on any atom is -0.480 e. The Hall–Kier alpha value is -1.63. The molecule has 1 amide bonds. The predicted octanol–water partition coefficient (Wildman–Crippen LogP) is -0.881. The molecule has 0 aliphatic rings. The van der Waals surface area contributed by atoms with Gasteiger partial charge in [-0.2, -0.15) is 0 Å². The van der Waals surface area contributed by atoms with Crippen LogP contribution in [-0.2, 0) is 19.1 Å². The van der Waals surface area contributed by atoms with Gasteiger partial charge in [0, 0.05) is 13.0 Å². The maximum absolute atomic E-state index is 11.3. The van der Waals surface area contributed by atoms with E-state index >= 15 is 0 Å². The molecular weight excluding hydrogens is 228 g/mol. The van der Waals surface area contributed by atoms with Gasteiger partial charge in [-0.25, -0.2) is 4.79 Å². The fourth-order valence-electron chi connectivity index (χ4n) is 1.10. The summed E-state index contributed by atoms with van der Waals surface area (Å²) >= 11 is 0. The van der Waals surface area contributed by atoms with Gasteiger partial charge in [0.15, 0.2) is 0 Å². The van der Waals surface area contributed by atoms with Gasteiger partial charge >= 0.3 is 11.9 Å². The van der Waals surface area contributed by atoms with Crippen LogP contribution in [0.2, 0.25) is 0 Å². The summed E-state index contributed by atoms with van der Waals surface area (Å²) in [7, 11) is 1.16. The topological polar surface area (TPSA) is 105 Å². The molecule has 0 aromatic rings. The molecule has 0 fully saturated rings. The maximum atomic E-state index is 11.3. The number of carboxylic acid groups (broad SMARTS) is 1. The summed E-state index contributed by atoms with van der Waals surface area (Å²) in [5.41, 5.74) is 0. The van der Waals surface area contributed by atoms with Gasteiger partial charge in [0.2, 0.25) is 5.91 Å². The molecule has 0 saturated carbocycles. The number of amides is 1. The first-order valence-electron chi connectivity index (χ1n) is 5.31. The molecule has 3 N–H and O–H groups in total. The van der Waals surface area contributed by atoms with E-state index in [0.29, 0.717) is 6.54 Å². The molecule has 0 aromatic heterocycles. The Balaban J connectivity index is 4.11. The Morgan fingerprint density at radius 1 is 1.35 bits per heavy atom. The monoisotopic (exact) mass is 246 g/mol. The van der Waals surface area contributed by atoms with Crippen molar-refractivity contribution in [3.63, 3.8) is 0 Å². The number of hydrogen-bond donors (Lipinski definition) is 3. The zero-order chi connectivity index (χ0) is 13.3. The fraction of sp³-hybridized carbons (Fsp3) is 0.700. The van der Waals surface area contributed by atoms with Gasteiger partial charge in [0.1, 0.15) is 6.04 Å². The van der Waals surface area contributed by atoms with Crippen molar-refractivity contribution in [3.8, 4) is 0 Å². The zero-order valence-corrected chi connectivity index (χ0v) is 9.99. The Kier molecular flexibility index (Phi) is 7.70. The molecular formula is C10H18N2O5. The normalized spacial score (nSPS) is 11.6. The van der Waals surface area contributed by atoms with Gasteiger partial charge in [-0.3, -0.25) is 9.59 Å². The van der Waals surface area contributed by atoms with Crippen molar-refractivity contribution in [3.05, 3.63) is 0 Å². The molecule has 0 heterocycles. The van der Waals surface area contributed by atoms with E-state index in [2.05, 4.69) is 15.4 Å². The number of carboxylic acids is 1. The summed E-state index contributed by atoms with van der Waals surface area (Å²) in [4.78, 5) is 33.0. The quantitative estimate of drug-likeness (QED) is 0.379. The van der Waals surface area contributed by atoms with E-state index in [9.17, 15) is 14.4 Å². The number of nitrogens with one attached hydrogen (secondary N) is 2. The van der Waals surface area contributed by atoms with Crippen LogP contribution in [0.3, 0.4) is 0 Å². The number of methoxy groups -OCH3 is 1. The van der Waals surface area contributed by atoms with Crippen LogP contribution in [-0.4, -0.2) is 49.2 Å². The number of carbonyl (C=O) groups is 3. The summed E-state index contributed by atoms with van der Waals surface area (Å²) in [6, 6.07) is -1.24. The second-order valence-electron chi connectivity index (χ2n) is 3.34. The number of aliphatic carboxylic acids is 1. The first-order valence-corrected chi connectivity index (χ1v) is 5.31. The number of carbonyl (C=O) groups excluding carboxylic acids is 2. The minimum atomic E-state index is -1.26. The Bertz CT molecular complexity index is 280. The van der Waals surface area contributed by atoms with Crippen LogP contribution < -0.4 is 10.6 Å². The number of esters is 1. The van der Waals surface area contributed by atoms with E-state index in [-0.39, 0.29) is 12.8 Å². The van der Waals surface area contributed by atoms with Crippen molar-refractivity contribution in [2.24, 2.45) is 0 Å². The molecule has 0 radical (unpaired) electrons. The highest BCUT2D eigenvalue weighted by Gasteiger charge is 2.23. The van der Waals surface area contributed by atoms with Crippen LogP contribution in [0.1, 0.15) is 19.8 Å². The molecule has 17 heavy (non-hydrogen) atoms. The molecule has 1 atom stereocenters. The lowest BCUT2D eigenvalue weighted by Gasteiger charge is -2.13. The molecule has 0 spiro atoms. The third-order valence-corrected chi connectivity index (χ3v) is 2.01. The lowest BCUT2D eigenvalue weighted by molar-refractivity contribution is -0.148. The van der Waals surface area contributed by atoms with Crippen molar-refractivity contribution in [2.45, 2.75) is 25.8 Å². The Labute approximate surface area is 99.5 Å². The summed E-state index contributed by atoms with van der Waals surface area (Å²) in [6.45, 7) is 3.10. The van der Waals surface area contributed by atoms with Crippen molar-refractivity contribution in [2.75, 3.05) is 20.2 Å². The lowest BCUT2D eigenvalue weighted by atomic mass is 10.2. The first kappa shape index (κ1) is 15.4. The summed E-state index contributed by atoms with van der Waals surface area (Å²) < 4.78 is 4.35. The molecule has 0 unspecified atom stereocenters. The molecule has 0 aliphatic carbocycles. The van der Waals surface area contributed by atoms with Crippen molar-refractivity contribution in [1.29, 1.82) is 0 Å². The number of ether oxygens (including phenoxy) is 1. The highest BCUT2D eigenvalue weighted by atomic mass is 16.5. The summed E-state index contributed by atoms with van der Waals surface area (Å²) in [6.07, 6.45) is -0.211. The van der Waals surface area contributed by atoms with Gasteiger partial charge in [-0.05, 0) is 6.54 Å². The largest absolute Gasteiger partial charge is 0.480 e. The molecule has 0 aliphatic heterocycles. The van der Waals surface area contributed by atoms with E-state index in [1.54, 1.807) is 0 Å². The average Bonchev–Trinajstić information content (AvgIpc) is 2.28. The third-order valence-electron chi connectivity index (χ3n) is 2.01. The van der Waals surface area contributed by atoms with Crippen LogP contribution in [0.25, 0.3) is 0 Å². The van der Waals surface area contributed by atoms with Crippen LogP contribution in [0.15, 0.2) is 0 Å². The fourth-order valence-corrected chi connectivity index (χ4v) is 1.10. The lowest BCUT2D eigenvalue weighted by Crippen LogP contribution is -2.43. The van der Waals surface area contributed by atoms with Gasteiger partial charge < -0.3 is 20.5 Å². The molecule has 0 rings (SSSR count). The van der Waals surface area contributed by atoms with Crippen molar-refractivity contribution < 1.29 is 24.2 Å². The second-order valence-corrected chi connectivity index (χ2v) is 3.34. The molecule has 0 bridgehead atoms. The molecule has 98 valence electrons. The van der Waals surface area contributed by atoms with E-state index in [1.165, 1.54) is 0 Å². The van der Waals surface area contributed by atoms with E-state index in [0.717, 1.165) is 13.7 Å². The highest BCUT2D eigenvalue weighted by Crippen LogP contribution is 1.96. The van der Waals surface area contributed by atoms with Crippen LogP contribution in [0.5, 0.6) is 0 Å². The number of rotatable bonds is 8. The molecule has 0 saturated heterocycles. The van der Waals surface area contributed by atoms with Gasteiger partial charge in [0.05, 0.1) is 13.5 Å². The van der Waals surface area contributed by atoms with Gasteiger partial charge in [0.25, 0.3) is 0 Å². The Morgan fingerprint density at radius 2 is 2.00 bits per heavy atom. The third kappa shape index (κ3) is 7.29.